The van der Waals surface area contributed by atoms with Crippen LogP contribution in [0.5, 0.6) is 0 Å². The van der Waals surface area contributed by atoms with E-state index in [0.29, 0.717) is 12.2 Å². The van der Waals surface area contributed by atoms with E-state index in [9.17, 15) is 4.79 Å². The fourth-order valence-electron chi connectivity index (χ4n) is 4.32. The van der Waals surface area contributed by atoms with Crippen molar-refractivity contribution in [3.05, 3.63) is 106 Å². The standard InChI is InChI=1S/C29H32N2O2.ClH/c1-3-16-31(28-19-25-8-4-5-9-26(25)20-28)17-15-22-7-6-10-27(18-22)30-29(32)24-13-11-23(12-14-24)21-33-2;/h4-14,18-19H,3,15-17,20-21H2,1-2H3,(H,30,32);1H. The van der Waals surface area contributed by atoms with Crippen LogP contribution in [0.2, 0.25) is 0 Å². The average Bonchev–Trinajstić information content (AvgIpc) is 3.27. The van der Waals surface area contributed by atoms with Crippen LogP contribution in [0.4, 0.5) is 5.69 Å². The molecule has 4 rings (SSSR count). The monoisotopic (exact) mass is 476 g/mol. The Balaban J connectivity index is 0.00000324. The number of rotatable bonds is 10. The Kier molecular flexibility index (Phi) is 9.32. The molecule has 3 aromatic rings. The van der Waals surface area contributed by atoms with Gasteiger partial charge in [0, 0.05) is 43.6 Å². The first-order chi connectivity index (χ1) is 16.2. The zero-order chi connectivity index (χ0) is 23.0. The number of carbonyl (C=O) groups excluding carboxylic acids is 1. The van der Waals surface area contributed by atoms with Crippen LogP contribution in [0.3, 0.4) is 0 Å². The molecule has 1 N–H and O–H groups in total. The van der Waals surface area contributed by atoms with E-state index in [1.165, 1.54) is 22.4 Å². The molecule has 1 aliphatic rings. The summed E-state index contributed by atoms with van der Waals surface area (Å²) in [5, 5.41) is 3.03. The molecule has 0 radical (unpaired) electrons. The molecule has 4 nitrogen and oxygen atoms in total. The third-order valence-electron chi connectivity index (χ3n) is 6.03. The van der Waals surface area contributed by atoms with E-state index < -0.39 is 0 Å². The maximum absolute atomic E-state index is 12.7. The minimum Gasteiger partial charge on any atom is -0.380 e. The van der Waals surface area contributed by atoms with Crippen molar-refractivity contribution in [1.82, 2.24) is 4.90 Å². The van der Waals surface area contributed by atoms with Gasteiger partial charge in [0.05, 0.1) is 6.61 Å². The molecule has 5 heteroatoms. The Morgan fingerprint density at radius 3 is 2.50 bits per heavy atom. The molecule has 0 bridgehead atoms. The number of nitrogens with zero attached hydrogens (tertiary/aromatic N) is 1. The van der Waals surface area contributed by atoms with Crippen LogP contribution < -0.4 is 5.32 Å². The van der Waals surface area contributed by atoms with Crippen LogP contribution in [0.1, 0.15) is 46.0 Å². The van der Waals surface area contributed by atoms with Crippen molar-refractivity contribution in [1.29, 1.82) is 0 Å². The van der Waals surface area contributed by atoms with Gasteiger partial charge in [-0.15, -0.1) is 12.4 Å². The molecule has 1 aliphatic carbocycles. The highest BCUT2D eigenvalue weighted by molar-refractivity contribution is 6.04. The predicted octanol–water partition coefficient (Wildman–Crippen LogP) is 6.36. The smallest absolute Gasteiger partial charge is 0.255 e. The lowest BCUT2D eigenvalue weighted by Gasteiger charge is -2.26. The lowest BCUT2D eigenvalue weighted by atomic mass is 10.1. The Morgan fingerprint density at radius 1 is 0.971 bits per heavy atom. The second-order valence-corrected chi connectivity index (χ2v) is 8.53. The topological polar surface area (TPSA) is 41.6 Å². The molecule has 34 heavy (non-hydrogen) atoms. The lowest BCUT2D eigenvalue weighted by Crippen LogP contribution is -2.26. The van der Waals surface area contributed by atoms with E-state index in [0.717, 1.165) is 43.6 Å². The first-order valence-corrected chi connectivity index (χ1v) is 11.7. The second kappa shape index (κ2) is 12.4. The number of hydrogen-bond acceptors (Lipinski definition) is 3. The molecule has 0 aliphatic heterocycles. The fraction of sp³-hybridized carbons (Fsp3) is 0.276. The molecular formula is C29H33ClN2O2. The predicted molar refractivity (Wildman–Crippen MR) is 142 cm³/mol. The SMILES string of the molecule is CCCN(CCc1cccc(NC(=O)c2ccc(COC)cc2)c1)C1=Cc2ccccc2C1.Cl. The summed E-state index contributed by atoms with van der Waals surface area (Å²) in [6.45, 7) is 4.79. The zero-order valence-electron chi connectivity index (χ0n) is 19.9. The van der Waals surface area contributed by atoms with Crippen LogP contribution >= 0.6 is 12.4 Å². The molecule has 3 aromatic carbocycles. The van der Waals surface area contributed by atoms with Crippen molar-refractivity contribution in [2.24, 2.45) is 0 Å². The van der Waals surface area contributed by atoms with Crippen molar-refractivity contribution in [3.63, 3.8) is 0 Å². The maximum atomic E-state index is 12.7. The zero-order valence-corrected chi connectivity index (χ0v) is 20.7. The summed E-state index contributed by atoms with van der Waals surface area (Å²) < 4.78 is 5.13. The molecule has 0 saturated carbocycles. The van der Waals surface area contributed by atoms with Crippen molar-refractivity contribution in [2.75, 3.05) is 25.5 Å². The minimum absolute atomic E-state index is 0. The van der Waals surface area contributed by atoms with Crippen LogP contribution in [0.25, 0.3) is 6.08 Å². The molecule has 0 saturated heterocycles. The normalized spacial score (nSPS) is 11.9. The lowest BCUT2D eigenvalue weighted by molar-refractivity contribution is 0.102. The second-order valence-electron chi connectivity index (χ2n) is 8.53. The van der Waals surface area contributed by atoms with Gasteiger partial charge in [0.2, 0.25) is 0 Å². The number of amides is 1. The van der Waals surface area contributed by atoms with Crippen LogP contribution in [0.15, 0.2) is 78.5 Å². The summed E-state index contributed by atoms with van der Waals surface area (Å²) in [7, 11) is 1.67. The molecule has 0 spiro atoms. The van der Waals surface area contributed by atoms with Gasteiger partial charge in [-0.3, -0.25) is 4.79 Å². The number of carbonyl (C=O) groups is 1. The third kappa shape index (κ3) is 6.49. The van der Waals surface area contributed by atoms with E-state index in [4.69, 9.17) is 4.74 Å². The average molecular weight is 477 g/mol. The minimum atomic E-state index is -0.0994. The Hall–Kier alpha value is -3.08. The van der Waals surface area contributed by atoms with Crippen molar-refractivity contribution < 1.29 is 9.53 Å². The molecule has 0 fully saturated rings. The number of benzene rings is 3. The summed E-state index contributed by atoms with van der Waals surface area (Å²) in [5.74, 6) is -0.0994. The largest absolute Gasteiger partial charge is 0.380 e. The quantitative estimate of drug-likeness (QED) is 0.370. The highest BCUT2D eigenvalue weighted by Gasteiger charge is 2.17. The molecule has 0 heterocycles. The van der Waals surface area contributed by atoms with Gasteiger partial charge in [0.25, 0.3) is 5.91 Å². The number of methoxy groups -OCH3 is 1. The summed E-state index contributed by atoms with van der Waals surface area (Å²) in [5.41, 5.74) is 7.89. The van der Waals surface area contributed by atoms with E-state index >= 15 is 0 Å². The van der Waals surface area contributed by atoms with Crippen molar-refractivity contribution >= 4 is 30.1 Å². The third-order valence-corrected chi connectivity index (χ3v) is 6.03. The van der Waals surface area contributed by atoms with Crippen molar-refractivity contribution in [3.8, 4) is 0 Å². The van der Waals surface area contributed by atoms with Crippen molar-refractivity contribution in [2.45, 2.75) is 32.8 Å². The van der Waals surface area contributed by atoms with Gasteiger partial charge in [-0.2, -0.15) is 0 Å². The Morgan fingerprint density at radius 2 is 1.76 bits per heavy atom. The number of hydrogen-bond donors (Lipinski definition) is 1. The Bertz CT molecular complexity index is 1120. The summed E-state index contributed by atoms with van der Waals surface area (Å²) in [4.78, 5) is 15.2. The van der Waals surface area contributed by atoms with Gasteiger partial charge in [-0.1, -0.05) is 55.5 Å². The van der Waals surface area contributed by atoms with Gasteiger partial charge < -0.3 is 15.0 Å². The van der Waals surface area contributed by atoms with E-state index in [-0.39, 0.29) is 18.3 Å². The highest BCUT2D eigenvalue weighted by atomic mass is 35.5. The van der Waals surface area contributed by atoms with Gasteiger partial charge in [-0.25, -0.2) is 0 Å². The van der Waals surface area contributed by atoms with Crippen LogP contribution in [-0.4, -0.2) is 31.0 Å². The molecule has 178 valence electrons. The molecule has 0 unspecified atom stereocenters. The summed E-state index contributed by atoms with van der Waals surface area (Å²) >= 11 is 0. The van der Waals surface area contributed by atoms with E-state index in [2.05, 4.69) is 59.6 Å². The summed E-state index contributed by atoms with van der Waals surface area (Å²) in [6.07, 6.45) is 5.39. The van der Waals surface area contributed by atoms with Gasteiger partial charge in [-0.05, 0) is 65.4 Å². The van der Waals surface area contributed by atoms with Gasteiger partial charge in [0.1, 0.15) is 0 Å². The number of halogens is 1. The highest BCUT2D eigenvalue weighted by Crippen LogP contribution is 2.27. The van der Waals surface area contributed by atoms with Crippen LogP contribution in [0, 0.1) is 0 Å². The van der Waals surface area contributed by atoms with Crippen LogP contribution in [-0.2, 0) is 24.2 Å². The van der Waals surface area contributed by atoms with E-state index in [1.807, 2.05) is 36.4 Å². The molecule has 0 atom stereocenters. The number of anilines is 1. The summed E-state index contributed by atoms with van der Waals surface area (Å²) in [6, 6.07) is 24.3. The fourth-order valence-corrected chi connectivity index (χ4v) is 4.32. The number of fused-ring (bicyclic) bond motifs is 1. The molecule has 1 amide bonds. The number of nitrogens with one attached hydrogen (secondary N) is 1. The van der Waals surface area contributed by atoms with E-state index in [1.54, 1.807) is 7.11 Å². The van der Waals surface area contributed by atoms with Gasteiger partial charge >= 0.3 is 0 Å². The number of ether oxygens (including phenoxy) is 1. The number of allylic oxidation sites excluding steroid dienone is 1. The first kappa shape index (κ1) is 25.5. The molecule has 0 aromatic heterocycles. The molecular weight excluding hydrogens is 444 g/mol. The first-order valence-electron chi connectivity index (χ1n) is 11.7. The van der Waals surface area contributed by atoms with Gasteiger partial charge in [0.15, 0.2) is 0 Å². The Labute approximate surface area is 209 Å². The maximum Gasteiger partial charge on any atom is 0.255 e.